The summed E-state index contributed by atoms with van der Waals surface area (Å²) < 4.78 is 20.5. The average molecular weight is 256 g/mol. The van der Waals surface area contributed by atoms with Crippen molar-refractivity contribution in [3.63, 3.8) is 0 Å². The van der Waals surface area contributed by atoms with Crippen LogP contribution in [0.15, 0.2) is 23.2 Å². The van der Waals surface area contributed by atoms with Crippen LogP contribution < -0.4 is 0 Å². The number of rotatable bonds is 5. The lowest BCUT2D eigenvalue weighted by Gasteiger charge is -2.33. The van der Waals surface area contributed by atoms with Crippen LogP contribution in [0.3, 0.4) is 0 Å². The van der Waals surface area contributed by atoms with Crippen LogP contribution in [0.25, 0.3) is 0 Å². The highest BCUT2D eigenvalue weighted by Gasteiger charge is 2.45. The van der Waals surface area contributed by atoms with Gasteiger partial charge in [0.15, 0.2) is 17.3 Å². The Kier molecular flexibility index (Phi) is 4.26. The Morgan fingerprint density at radius 3 is 2.00 bits per heavy atom. The van der Waals surface area contributed by atoms with Crippen molar-refractivity contribution in [3.05, 3.63) is 23.2 Å². The molecule has 0 aromatic rings. The molecule has 0 atom stereocenters. The van der Waals surface area contributed by atoms with Gasteiger partial charge < -0.3 is 18.9 Å². The van der Waals surface area contributed by atoms with Crippen LogP contribution in [0.1, 0.15) is 6.92 Å². The van der Waals surface area contributed by atoms with E-state index in [1.807, 2.05) is 0 Å². The minimum Gasteiger partial charge on any atom is -0.494 e. The van der Waals surface area contributed by atoms with E-state index in [0.29, 0.717) is 0 Å². The highest BCUT2D eigenvalue weighted by molar-refractivity contribution is 6.26. The number of allylic oxidation sites excluding steroid dienone is 1. The van der Waals surface area contributed by atoms with E-state index < -0.39 is 17.4 Å². The van der Waals surface area contributed by atoms with Gasteiger partial charge in [0, 0.05) is 20.3 Å². The monoisotopic (exact) mass is 256 g/mol. The second-order valence-electron chi connectivity index (χ2n) is 3.58. The van der Waals surface area contributed by atoms with Crippen molar-refractivity contribution in [3.8, 4) is 0 Å². The molecule has 6 nitrogen and oxygen atoms in total. The fourth-order valence-electron chi connectivity index (χ4n) is 1.81. The van der Waals surface area contributed by atoms with E-state index >= 15 is 0 Å². The molecule has 6 heteroatoms. The molecule has 0 bridgehead atoms. The summed E-state index contributed by atoms with van der Waals surface area (Å²) in [7, 11) is 5.42. The zero-order chi connectivity index (χ0) is 13.9. The average Bonchev–Trinajstić information content (AvgIpc) is 2.37. The summed E-state index contributed by atoms with van der Waals surface area (Å²) in [5.41, 5.74) is -0.138. The summed E-state index contributed by atoms with van der Waals surface area (Å²) in [6, 6.07) is 0. The van der Waals surface area contributed by atoms with Crippen molar-refractivity contribution < 1.29 is 28.5 Å². The van der Waals surface area contributed by atoms with Crippen LogP contribution in [0.4, 0.5) is 0 Å². The van der Waals surface area contributed by atoms with E-state index in [-0.39, 0.29) is 17.1 Å². The van der Waals surface area contributed by atoms with Crippen LogP contribution >= 0.6 is 0 Å². The number of ether oxygens (including phenoxy) is 4. The maximum Gasteiger partial charge on any atom is 0.252 e. The lowest BCUT2D eigenvalue weighted by Crippen LogP contribution is -2.41. The van der Waals surface area contributed by atoms with Gasteiger partial charge in [-0.2, -0.15) is 0 Å². The number of carbonyl (C=O) groups excluding carboxylic acids is 2. The zero-order valence-corrected chi connectivity index (χ0v) is 11.0. The van der Waals surface area contributed by atoms with Crippen molar-refractivity contribution >= 4 is 11.6 Å². The van der Waals surface area contributed by atoms with E-state index in [0.717, 1.165) is 0 Å². The SMILES string of the molecule is COC1=CC(OC)(OC)C(OC)=C(C(C)=O)C1=O. The standard InChI is InChI=1S/C12H16O6/c1-7(13)9-10(14)8(15-2)6-12(17-4,18-5)11(9)16-3/h6H,1-5H3. The third-order valence-electron chi connectivity index (χ3n) is 2.70. The molecule has 1 rings (SSSR count). The Morgan fingerprint density at radius 2 is 1.67 bits per heavy atom. The maximum atomic E-state index is 12.0. The predicted octanol–water partition coefficient (Wildman–Crippen LogP) is 0.578. The van der Waals surface area contributed by atoms with Crippen molar-refractivity contribution in [2.45, 2.75) is 12.7 Å². The number of hydrogen-bond donors (Lipinski definition) is 0. The third kappa shape index (κ3) is 2.04. The topological polar surface area (TPSA) is 71.1 Å². The minimum atomic E-state index is -1.44. The van der Waals surface area contributed by atoms with E-state index in [1.54, 1.807) is 0 Å². The summed E-state index contributed by atoms with van der Waals surface area (Å²) in [6.45, 7) is 1.26. The van der Waals surface area contributed by atoms with Gasteiger partial charge in [0.2, 0.25) is 5.78 Å². The number of carbonyl (C=O) groups is 2. The van der Waals surface area contributed by atoms with Gasteiger partial charge in [-0.1, -0.05) is 0 Å². The molecule has 0 heterocycles. The van der Waals surface area contributed by atoms with Crippen molar-refractivity contribution in [1.82, 2.24) is 0 Å². The molecule has 0 aliphatic heterocycles. The molecule has 0 aromatic heterocycles. The second kappa shape index (κ2) is 5.32. The molecule has 1 aliphatic rings. The Labute approximate surface area is 105 Å². The van der Waals surface area contributed by atoms with Gasteiger partial charge in [-0.05, 0) is 6.92 Å². The Bertz CT molecular complexity index is 428. The first kappa shape index (κ1) is 14.4. The first-order valence-electron chi connectivity index (χ1n) is 5.19. The molecule has 100 valence electrons. The number of hydrogen-bond acceptors (Lipinski definition) is 6. The highest BCUT2D eigenvalue weighted by atomic mass is 16.7. The Morgan fingerprint density at radius 1 is 1.11 bits per heavy atom. The van der Waals surface area contributed by atoms with Crippen molar-refractivity contribution in [2.24, 2.45) is 0 Å². The quantitative estimate of drug-likeness (QED) is 0.529. The van der Waals surface area contributed by atoms with Gasteiger partial charge in [0.25, 0.3) is 5.79 Å². The summed E-state index contributed by atoms with van der Waals surface area (Å²) in [5, 5.41) is 0. The minimum absolute atomic E-state index is 0.0193. The molecular formula is C12H16O6. The van der Waals surface area contributed by atoms with Crippen LogP contribution in [0.2, 0.25) is 0 Å². The molecule has 0 aromatic carbocycles. The maximum absolute atomic E-state index is 12.0. The smallest absolute Gasteiger partial charge is 0.252 e. The highest BCUT2D eigenvalue weighted by Crippen LogP contribution is 2.34. The molecule has 0 radical (unpaired) electrons. The fourth-order valence-corrected chi connectivity index (χ4v) is 1.81. The summed E-state index contributed by atoms with van der Waals surface area (Å²) in [6.07, 6.45) is 1.33. The molecule has 0 saturated heterocycles. The molecule has 0 unspecified atom stereocenters. The second-order valence-corrected chi connectivity index (χ2v) is 3.58. The predicted molar refractivity (Wildman–Crippen MR) is 61.6 cm³/mol. The van der Waals surface area contributed by atoms with E-state index in [9.17, 15) is 9.59 Å². The molecule has 18 heavy (non-hydrogen) atoms. The summed E-state index contributed by atoms with van der Waals surface area (Å²) in [5.74, 6) is -2.44. The first-order chi connectivity index (χ1) is 8.47. The normalized spacial score (nSPS) is 18.5. The molecule has 0 saturated carbocycles. The zero-order valence-electron chi connectivity index (χ0n) is 11.0. The van der Waals surface area contributed by atoms with Gasteiger partial charge >= 0.3 is 0 Å². The van der Waals surface area contributed by atoms with E-state index in [4.69, 9.17) is 18.9 Å². The van der Waals surface area contributed by atoms with Crippen LogP contribution in [-0.4, -0.2) is 45.8 Å². The molecule has 1 aliphatic carbocycles. The van der Waals surface area contributed by atoms with E-state index in [2.05, 4.69) is 0 Å². The lowest BCUT2D eigenvalue weighted by atomic mass is 9.93. The Balaban J connectivity index is 3.53. The Hall–Kier alpha value is -1.66. The largest absolute Gasteiger partial charge is 0.494 e. The lowest BCUT2D eigenvalue weighted by molar-refractivity contribution is -0.171. The fraction of sp³-hybridized carbons (Fsp3) is 0.500. The number of ketones is 2. The van der Waals surface area contributed by atoms with Crippen molar-refractivity contribution in [1.29, 1.82) is 0 Å². The first-order valence-corrected chi connectivity index (χ1v) is 5.19. The summed E-state index contributed by atoms with van der Waals surface area (Å²) >= 11 is 0. The van der Waals surface area contributed by atoms with Crippen LogP contribution in [0.5, 0.6) is 0 Å². The number of methoxy groups -OCH3 is 4. The van der Waals surface area contributed by atoms with Gasteiger partial charge in [-0.3, -0.25) is 9.59 Å². The molecule has 0 spiro atoms. The van der Waals surface area contributed by atoms with Crippen molar-refractivity contribution in [2.75, 3.05) is 28.4 Å². The molecule has 0 N–H and O–H groups in total. The van der Waals surface area contributed by atoms with Crippen LogP contribution in [-0.2, 0) is 28.5 Å². The number of Topliss-reactive ketones (excluding diaryl/α,β-unsaturated/α-hetero) is 2. The van der Waals surface area contributed by atoms with Gasteiger partial charge in [0.1, 0.15) is 5.57 Å². The van der Waals surface area contributed by atoms with Gasteiger partial charge in [-0.15, -0.1) is 0 Å². The van der Waals surface area contributed by atoms with E-state index in [1.165, 1.54) is 41.4 Å². The molecule has 0 fully saturated rings. The van der Waals surface area contributed by atoms with Crippen LogP contribution in [0, 0.1) is 0 Å². The third-order valence-corrected chi connectivity index (χ3v) is 2.70. The summed E-state index contributed by atoms with van der Waals surface area (Å²) in [4.78, 5) is 23.6. The van der Waals surface area contributed by atoms with Gasteiger partial charge in [0.05, 0.1) is 14.2 Å². The molecular weight excluding hydrogens is 240 g/mol. The molecule has 0 amide bonds. The van der Waals surface area contributed by atoms with Gasteiger partial charge in [-0.25, -0.2) is 0 Å².